The third-order valence-electron chi connectivity index (χ3n) is 4.23. The molecule has 0 spiro atoms. The minimum Gasteiger partial charge on any atom is -0.478 e. The van der Waals surface area contributed by atoms with Crippen LogP contribution in [-0.4, -0.2) is 27.0 Å². The van der Waals surface area contributed by atoms with Crippen molar-refractivity contribution in [2.75, 3.05) is 0 Å². The third-order valence-corrected chi connectivity index (χ3v) is 4.23. The summed E-state index contributed by atoms with van der Waals surface area (Å²) in [7, 11) is 0. The van der Waals surface area contributed by atoms with Crippen molar-refractivity contribution in [2.24, 2.45) is 5.73 Å². The molecule has 4 aromatic rings. The summed E-state index contributed by atoms with van der Waals surface area (Å²) in [6.45, 7) is 0. The van der Waals surface area contributed by atoms with Crippen LogP contribution in [0.1, 0.15) is 20.7 Å². The molecule has 0 aliphatic rings. The van der Waals surface area contributed by atoms with Gasteiger partial charge in [-0.1, -0.05) is 0 Å². The number of imidazole rings is 1. The van der Waals surface area contributed by atoms with Crippen LogP contribution in [0.15, 0.2) is 66.7 Å². The van der Waals surface area contributed by atoms with Gasteiger partial charge in [0.1, 0.15) is 17.3 Å². The Hall–Kier alpha value is -4.13. The molecule has 7 heteroatoms. The summed E-state index contributed by atoms with van der Waals surface area (Å²) in [6, 6.07) is 18.6. The lowest BCUT2D eigenvalue weighted by Gasteiger charge is -2.06. The molecular formula is C21H15N3O4. The third kappa shape index (κ3) is 3.41. The number of rotatable bonds is 5. The van der Waals surface area contributed by atoms with E-state index in [1.165, 1.54) is 6.07 Å². The number of nitrogens with zero attached hydrogens (tertiary/aromatic N) is 1. The van der Waals surface area contributed by atoms with Gasteiger partial charge >= 0.3 is 5.97 Å². The Balaban J connectivity index is 1.55. The summed E-state index contributed by atoms with van der Waals surface area (Å²) < 4.78 is 5.76. The first-order valence-electron chi connectivity index (χ1n) is 8.41. The van der Waals surface area contributed by atoms with Gasteiger partial charge in [-0.05, 0) is 66.7 Å². The minimum absolute atomic E-state index is 0.203. The van der Waals surface area contributed by atoms with E-state index in [1.54, 1.807) is 48.5 Å². The number of amides is 1. The number of carbonyl (C=O) groups excluding carboxylic acids is 1. The fourth-order valence-electron chi connectivity index (χ4n) is 2.78. The van der Waals surface area contributed by atoms with Gasteiger partial charge in [-0.15, -0.1) is 0 Å². The van der Waals surface area contributed by atoms with Crippen molar-refractivity contribution in [3.05, 3.63) is 77.9 Å². The summed E-state index contributed by atoms with van der Waals surface area (Å²) in [5.41, 5.74) is 8.02. The second-order valence-corrected chi connectivity index (χ2v) is 6.14. The molecule has 0 aliphatic carbocycles. The van der Waals surface area contributed by atoms with Crippen LogP contribution in [0.25, 0.3) is 22.4 Å². The van der Waals surface area contributed by atoms with E-state index in [1.807, 2.05) is 12.1 Å². The SMILES string of the molecule is NC(=O)c1ccc(Oc2ccc(-c3nc4ccc(C(=O)O)cc4[nH]3)cc2)cc1. The van der Waals surface area contributed by atoms with Gasteiger partial charge in [0.25, 0.3) is 0 Å². The maximum Gasteiger partial charge on any atom is 0.335 e. The molecule has 0 saturated heterocycles. The van der Waals surface area contributed by atoms with Gasteiger partial charge in [-0.3, -0.25) is 4.79 Å². The number of ether oxygens (including phenoxy) is 1. The quantitative estimate of drug-likeness (QED) is 0.491. The van der Waals surface area contributed by atoms with Crippen LogP contribution >= 0.6 is 0 Å². The van der Waals surface area contributed by atoms with E-state index in [-0.39, 0.29) is 5.56 Å². The van der Waals surface area contributed by atoms with E-state index < -0.39 is 11.9 Å². The smallest absolute Gasteiger partial charge is 0.335 e. The Morgan fingerprint density at radius 3 is 2.11 bits per heavy atom. The number of aromatic amines is 1. The highest BCUT2D eigenvalue weighted by atomic mass is 16.5. The highest BCUT2D eigenvalue weighted by molar-refractivity contribution is 5.93. The molecule has 3 aromatic carbocycles. The zero-order valence-corrected chi connectivity index (χ0v) is 14.5. The zero-order chi connectivity index (χ0) is 19.7. The largest absolute Gasteiger partial charge is 0.478 e. The highest BCUT2D eigenvalue weighted by Gasteiger charge is 2.09. The van der Waals surface area contributed by atoms with Crippen LogP contribution in [0.3, 0.4) is 0 Å². The number of primary amides is 1. The number of aromatic nitrogens is 2. The molecule has 4 rings (SSSR count). The lowest BCUT2D eigenvalue weighted by atomic mass is 10.2. The van der Waals surface area contributed by atoms with Gasteiger partial charge in [0.2, 0.25) is 5.91 Å². The fourth-order valence-corrected chi connectivity index (χ4v) is 2.78. The number of nitrogens with one attached hydrogen (secondary N) is 1. The Kier molecular flexibility index (Phi) is 4.25. The van der Waals surface area contributed by atoms with Crippen molar-refractivity contribution in [1.29, 1.82) is 0 Å². The summed E-state index contributed by atoms with van der Waals surface area (Å²) in [5, 5.41) is 9.09. The Morgan fingerprint density at radius 2 is 1.50 bits per heavy atom. The van der Waals surface area contributed by atoms with E-state index >= 15 is 0 Å². The molecule has 1 aromatic heterocycles. The van der Waals surface area contributed by atoms with Crippen molar-refractivity contribution in [1.82, 2.24) is 9.97 Å². The average Bonchev–Trinajstić information content (AvgIpc) is 3.12. The number of aromatic carboxylic acids is 1. The number of fused-ring (bicyclic) bond motifs is 1. The number of benzene rings is 3. The average molecular weight is 373 g/mol. The number of hydrogen-bond acceptors (Lipinski definition) is 4. The molecule has 1 heterocycles. The predicted molar refractivity (Wildman–Crippen MR) is 104 cm³/mol. The maximum absolute atomic E-state index is 11.1. The molecule has 0 radical (unpaired) electrons. The Labute approximate surface area is 159 Å². The molecule has 7 nitrogen and oxygen atoms in total. The molecule has 0 atom stereocenters. The molecule has 1 amide bonds. The second kappa shape index (κ2) is 6.88. The van der Waals surface area contributed by atoms with Gasteiger partial charge < -0.3 is 20.6 Å². The molecule has 4 N–H and O–H groups in total. The number of hydrogen-bond donors (Lipinski definition) is 3. The lowest BCUT2D eigenvalue weighted by molar-refractivity contribution is 0.0696. The molecule has 0 aliphatic heterocycles. The number of nitrogens with two attached hydrogens (primary N) is 1. The zero-order valence-electron chi connectivity index (χ0n) is 14.5. The van der Waals surface area contributed by atoms with Crippen LogP contribution in [0.2, 0.25) is 0 Å². The van der Waals surface area contributed by atoms with E-state index in [9.17, 15) is 9.59 Å². The molecule has 138 valence electrons. The lowest BCUT2D eigenvalue weighted by Crippen LogP contribution is -2.10. The fraction of sp³-hybridized carbons (Fsp3) is 0. The van der Waals surface area contributed by atoms with Crippen LogP contribution in [-0.2, 0) is 0 Å². The summed E-state index contributed by atoms with van der Waals surface area (Å²) in [6.07, 6.45) is 0. The Morgan fingerprint density at radius 1 is 0.893 bits per heavy atom. The number of H-pyrrole nitrogens is 1. The predicted octanol–water partition coefficient (Wildman–Crippen LogP) is 3.82. The van der Waals surface area contributed by atoms with Crippen molar-refractivity contribution < 1.29 is 19.4 Å². The molecule has 0 fully saturated rings. The van der Waals surface area contributed by atoms with Gasteiger partial charge in [0.05, 0.1) is 16.6 Å². The van der Waals surface area contributed by atoms with E-state index in [4.69, 9.17) is 15.6 Å². The molecule has 0 unspecified atom stereocenters. The summed E-state index contributed by atoms with van der Waals surface area (Å²) >= 11 is 0. The van der Waals surface area contributed by atoms with Crippen molar-refractivity contribution in [3.63, 3.8) is 0 Å². The molecule has 28 heavy (non-hydrogen) atoms. The summed E-state index contributed by atoms with van der Waals surface area (Å²) in [4.78, 5) is 29.8. The first-order chi connectivity index (χ1) is 13.5. The van der Waals surface area contributed by atoms with E-state index in [2.05, 4.69) is 9.97 Å². The standard InChI is InChI=1S/C21H15N3O4/c22-19(25)12-1-6-15(7-2-12)28-16-8-3-13(4-9-16)20-23-17-10-5-14(21(26)27)11-18(17)24-20/h1-11H,(H2,22,25)(H,23,24)(H,26,27). The molecule has 0 saturated carbocycles. The number of carboxylic acid groups (broad SMARTS) is 1. The van der Waals surface area contributed by atoms with Gasteiger partial charge in [0, 0.05) is 11.1 Å². The van der Waals surface area contributed by atoms with Crippen LogP contribution in [0.5, 0.6) is 11.5 Å². The van der Waals surface area contributed by atoms with Crippen LogP contribution < -0.4 is 10.5 Å². The van der Waals surface area contributed by atoms with Gasteiger partial charge in [0.15, 0.2) is 0 Å². The van der Waals surface area contributed by atoms with E-state index in [0.717, 1.165) is 5.56 Å². The first kappa shape index (κ1) is 17.3. The van der Waals surface area contributed by atoms with Gasteiger partial charge in [-0.25, -0.2) is 9.78 Å². The number of carboxylic acids is 1. The normalized spacial score (nSPS) is 10.7. The van der Waals surface area contributed by atoms with Crippen molar-refractivity contribution in [3.8, 4) is 22.9 Å². The van der Waals surface area contributed by atoms with Crippen LogP contribution in [0.4, 0.5) is 0 Å². The second-order valence-electron chi connectivity index (χ2n) is 6.14. The molecular weight excluding hydrogens is 358 g/mol. The number of carbonyl (C=O) groups is 2. The Bertz CT molecular complexity index is 1180. The van der Waals surface area contributed by atoms with Crippen molar-refractivity contribution in [2.45, 2.75) is 0 Å². The topological polar surface area (TPSA) is 118 Å². The van der Waals surface area contributed by atoms with E-state index in [0.29, 0.717) is 33.9 Å². The molecule has 0 bridgehead atoms. The maximum atomic E-state index is 11.1. The van der Waals surface area contributed by atoms with Gasteiger partial charge in [-0.2, -0.15) is 0 Å². The monoisotopic (exact) mass is 373 g/mol. The summed E-state index contributed by atoms with van der Waals surface area (Å²) in [5.74, 6) is 0.373. The van der Waals surface area contributed by atoms with Crippen molar-refractivity contribution >= 4 is 22.9 Å². The minimum atomic E-state index is -0.983. The highest BCUT2D eigenvalue weighted by Crippen LogP contribution is 2.26. The first-order valence-corrected chi connectivity index (χ1v) is 8.41. The van der Waals surface area contributed by atoms with Crippen LogP contribution in [0, 0.1) is 0 Å².